The Kier molecular flexibility index (Phi) is 1.30. The van der Waals surface area contributed by atoms with E-state index in [4.69, 9.17) is 0 Å². The normalized spacial score (nSPS) is 15.8. The number of nitrogens with one attached hydrogen (secondary N) is 1. The summed E-state index contributed by atoms with van der Waals surface area (Å²) < 4.78 is 1.78. The van der Waals surface area contributed by atoms with Gasteiger partial charge in [0, 0.05) is 19.4 Å². The van der Waals surface area contributed by atoms with Crippen LogP contribution in [-0.2, 0) is 18.3 Å². The van der Waals surface area contributed by atoms with Gasteiger partial charge in [-0.05, 0) is 5.56 Å². The van der Waals surface area contributed by atoms with E-state index in [0.29, 0.717) is 12.0 Å². The Labute approximate surface area is 69.2 Å². The van der Waals surface area contributed by atoms with E-state index in [-0.39, 0.29) is 11.8 Å². The Balaban J connectivity index is 2.53. The summed E-state index contributed by atoms with van der Waals surface area (Å²) in [6.45, 7) is 0. The van der Waals surface area contributed by atoms with Gasteiger partial charge in [-0.25, -0.2) is 0 Å². The van der Waals surface area contributed by atoms with Gasteiger partial charge in [-0.2, -0.15) is 0 Å². The highest BCUT2D eigenvalue weighted by Crippen LogP contribution is 2.14. The van der Waals surface area contributed by atoms with Crippen molar-refractivity contribution in [2.75, 3.05) is 0 Å². The first kappa shape index (κ1) is 7.09. The van der Waals surface area contributed by atoms with E-state index in [9.17, 15) is 9.59 Å². The lowest BCUT2D eigenvalue weighted by molar-refractivity contribution is -0.119. The van der Waals surface area contributed by atoms with Crippen LogP contribution < -0.4 is 5.32 Å². The number of fused-ring (bicyclic) bond motifs is 1. The minimum Gasteiger partial charge on any atom is -0.356 e. The summed E-state index contributed by atoms with van der Waals surface area (Å²) >= 11 is 0. The van der Waals surface area contributed by atoms with Gasteiger partial charge in [0.15, 0.2) is 0 Å². The molecule has 1 N–H and O–H groups in total. The molecule has 62 valence electrons. The van der Waals surface area contributed by atoms with Crippen molar-refractivity contribution in [2.45, 2.75) is 6.42 Å². The third-order valence-corrected chi connectivity index (χ3v) is 1.89. The lowest BCUT2D eigenvalue weighted by Gasteiger charge is -2.09. The van der Waals surface area contributed by atoms with Crippen LogP contribution >= 0.6 is 0 Å². The second-order valence-corrected chi connectivity index (χ2v) is 2.92. The molecule has 0 bridgehead atoms. The summed E-state index contributed by atoms with van der Waals surface area (Å²) in [7, 11) is 1.83. The van der Waals surface area contributed by atoms with Gasteiger partial charge in [-0.1, -0.05) is 0 Å². The van der Waals surface area contributed by atoms with Gasteiger partial charge < -0.3 is 4.57 Å². The molecular formula is C8H8N2O2. The van der Waals surface area contributed by atoms with E-state index in [1.54, 1.807) is 17.0 Å². The summed E-state index contributed by atoms with van der Waals surface area (Å²) in [6, 6.07) is 0. The monoisotopic (exact) mass is 164 g/mol. The molecule has 0 unspecified atom stereocenters. The zero-order chi connectivity index (χ0) is 8.72. The van der Waals surface area contributed by atoms with E-state index >= 15 is 0 Å². The Morgan fingerprint density at radius 2 is 2.17 bits per heavy atom. The smallest absolute Gasteiger partial charge is 0.259 e. The van der Waals surface area contributed by atoms with Crippen molar-refractivity contribution in [1.29, 1.82) is 0 Å². The van der Waals surface area contributed by atoms with Crippen LogP contribution in [0.4, 0.5) is 0 Å². The highest BCUT2D eigenvalue weighted by Gasteiger charge is 2.23. The fraction of sp³-hybridized carbons (Fsp3) is 0.250. The lowest BCUT2D eigenvalue weighted by Crippen LogP contribution is -2.36. The number of aryl methyl sites for hydroxylation is 1. The molecular weight excluding hydrogens is 156 g/mol. The average molecular weight is 164 g/mol. The summed E-state index contributed by atoms with van der Waals surface area (Å²) in [5.41, 5.74) is 1.42. The largest absolute Gasteiger partial charge is 0.356 e. The third-order valence-electron chi connectivity index (χ3n) is 1.89. The van der Waals surface area contributed by atoms with E-state index in [0.717, 1.165) is 5.56 Å². The number of nitrogens with zero attached hydrogens (tertiary/aromatic N) is 1. The number of carbonyl (C=O) groups is 2. The van der Waals surface area contributed by atoms with E-state index in [1.165, 1.54) is 0 Å². The quantitative estimate of drug-likeness (QED) is 0.541. The van der Waals surface area contributed by atoms with Crippen LogP contribution in [0.1, 0.15) is 15.9 Å². The van der Waals surface area contributed by atoms with Gasteiger partial charge in [0.25, 0.3) is 5.91 Å². The van der Waals surface area contributed by atoms with Gasteiger partial charge in [-0.15, -0.1) is 0 Å². The van der Waals surface area contributed by atoms with Crippen molar-refractivity contribution >= 4 is 11.8 Å². The molecule has 0 aliphatic carbocycles. The summed E-state index contributed by atoms with van der Waals surface area (Å²) in [4.78, 5) is 22.1. The summed E-state index contributed by atoms with van der Waals surface area (Å²) in [5.74, 6) is -0.513. The maximum atomic E-state index is 11.2. The minimum atomic E-state index is -0.290. The maximum absolute atomic E-state index is 11.2. The summed E-state index contributed by atoms with van der Waals surface area (Å²) in [5, 5.41) is 2.26. The van der Waals surface area contributed by atoms with Crippen molar-refractivity contribution in [1.82, 2.24) is 9.88 Å². The minimum absolute atomic E-state index is 0.223. The molecule has 12 heavy (non-hydrogen) atoms. The number of carbonyl (C=O) groups excluding carboxylic acids is 2. The van der Waals surface area contributed by atoms with Gasteiger partial charge in [-0.3, -0.25) is 14.9 Å². The molecule has 0 saturated heterocycles. The molecule has 0 fully saturated rings. The number of hydrogen-bond acceptors (Lipinski definition) is 2. The average Bonchev–Trinajstić information content (AvgIpc) is 2.29. The molecule has 0 atom stereocenters. The van der Waals surface area contributed by atoms with Crippen molar-refractivity contribution in [3.63, 3.8) is 0 Å². The number of aromatic nitrogens is 1. The number of amides is 2. The van der Waals surface area contributed by atoms with Gasteiger partial charge in [0.2, 0.25) is 5.91 Å². The molecule has 0 saturated carbocycles. The number of hydrogen-bond donors (Lipinski definition) is 1. The maximum Gasteiger partial charge on any atom is 0.259 e. The highest BCUT2D eigenvalue weighted by molar-refractivity contribution is 6.09. The Morgan fingerprint density at radius 1 is 1.42 bits per heavy atom. The zero-order valence-corrected chi connectivity index (χ0v) is 6.63. The van der Waals surface area contributed by atoms with Crippen LogP contribution in [0.2, 0.25) is 0 Å². The Bertz CT molecular complexity index is 365. The second kappa shape index (κ2) is 2.20. The third kappa shape index (κ3) is 0.922. The van der Waals surface area contributed by atoms with E-state index < -0.39 is 0 Å². The molecule has 1 aromatic heterocycles. The van der Waals surface area contributed by atoms with Gasteiger partial charge >= 0.3 is 0 Å². The first-order valence-corrected chi connectivity index (χ1v) is 3.66. The topological polar surface area (TPSA) is 51.1 Å². The van der Waals surface area contributed by atoms with Crippen molar-refractivity contribution in [3.05, 3.63) is 23.5 Å². The fourth-order valence-corrected chi connectivity index (χ4v) is 1.40. The van der Waals surface area contributed by atoms with Crippen LogP contribution in [0, 0.1) is 0 Å². The van der Waals surface area contributed by atoms with E-state index in [1.807, 2.05) is 7.05 Å². The predicted octanol–water partition coefficient (Wildman–Crippen LogP) is -0.162. The SMILES string of the molecule is Cn1cc2c(c1)C(=O)NC(=O)C2. The predicted molar refractivity (Wildman–Crippen MR) is 41.6 cm³/mol. The molecule has 1 aliphatic heterocycles. The molecule has 2 heterocycles. The molecule has 1 aromatic rings. The first-order valence-electron chi connectivity index (χ1n) is 3.66. The standard InChI is InChI=1S/C8H8N2O2/c1-10-3-5-2-7(11)9-8(12)6(5)4-10/h3-4H,2H2,1H3,(H,9,11,12). The first-order chi connectivity index (χ1) is 5.66. The van der Waals surface area contributed by atoms with Crippen LogP contribution in [0.25, 0.3) is 0 Å². The van der Waals surface area contributed by atoms with Crippen LogP contribution in [0.15, 0.2) is 12.4 Å². The Morgan fingerprint density at radius 3 is 2.92 bits per heavy atom. The molecule has 4 heteroatoms. The van der Waals surface area contributed by atoms with Crippen molar-refractivity contribution in [2.24, 2.45) is 7.05 Å². The zero-order valence-electron chi connectivity index (χ0n) is 6.63. The molecule has 0 aromatic carbocycles. The van der Waals surface area contributed by atoms with Crippen molar-refractivity contribution in [3.8, 4) is 0 Å². The molecule has 2 rings (SSSR count). The van der Waals surface area contributed by atoms with Crippen LogP contribution in [-0.4, -0.2) is 16.4 Å². The fourth-order valence-electron chi connectivity index (χ4n) is 1.40. The van der Waals surface area contributed by atoms with Crippen LogP contribution in [0.3, 0.4) is 0 Å². The van der Waals surface area contributed by atoms with Crippen molar-refractivity contribution < 1.29 is 9.59 Å². The number of imide groups is 1. The molecule has 2 amide bonds. The molecule has 1 aliphatic rings. The number of rotatable bonds is 0. The molecule has 0 radical (unpaired) electrons. The molecule has 0 spiro atoms. The lowest BCUT2D eigenvalue weighted by atomic mass is 10.1. The molecule has 4 nitrogen and oxygen atoms in total. The second-order valence-electron chi connectivity index (χ2n) is 2.92. The van der Waals surface area contributed by atoms with Gasteiger partial charge in [0.05, 0.1) is 12.0 Å². The van der Waals surface area contributed by atoms with E-state index in [2.05, 4.69) is 5.32 Å². The van der Waals surface area contributed by atoms with Gasteiger partial charge in [0.1, 0.15) is 0 Å². The van der Waals surface area contributed by atoms with Crippen LogP contribution in [0.5, 0.6) is 0 Å². The Hall–Kier alpha value is -1.58. The summed E-state index contributed by atoms with van der Waals surface area (Å²) in [6.07, 6.45) is 3.82. The highest BCUT2D eigenvalue weighted by atomic mass is 16.2.